The van der Waals surface area contributed by atoms with E-state index in [1.165, 1.54) is 11.1 Å². The fourth-order valence-corrected chi connectivity index (χ4v) is 3.81. The summed E-state index contributed by atoms with van der Waals surface area (Å²) in [5.41, 5.74) is 5.41. The van der Waals surface area contributed by atoms with Crippen molar-refractivity contribution >= 4 is 29.0 Å². The summed E-state index contributed by atoms with van der Waals surface area (Å²) in [5.74, 6) is 0. The Bertz CT molecular complexity index is 759. The van der Waals surface area contributed by atoms with Crippen LogP contribution in [0.1, 0.15) is 16.7 Å². The minimum atomic E-state index is -0.0445. The van der Waals surface area contributed by atoms with E-state index < -0.39 is 0 Å². The molecule has 1 aliphatic heterocycles. The minimum absolute atomic E-state index is 0.0445. The smallest absolute Gasteiger partial charge is 0.321 e. The monoisotopic (exact) mass is 357 g/mol. The molecule has 1 heterocycles. The fourth-order valence-electron chi connectivity index (χ4n) is 3.37. The van der Waals surface area contributed by atoms with E-state index in [0.717, 1.165) is 35.1 Å². The molecular weight excluding hydrogens is 334 g/mol. The van der Waals surface area contributed by atoms with Crippen LogP contribution in [0, 0.1) is 20.8 Å². The highest BCUT2D eigenvalue weighted by atomic mass is 35.5. The molecule has 1 aliphatic rings. The number of rotatable bonds is 2. The lowest BCUT2D eigenvalue weighted by Gasteiger charge is -2.37. The molecule has 5 heteroatoms. The van der Waals surface area contributed by atoms with Gasteiger partial charge < -0.3 is 15.1 Å². The molecule has 0 radical (unpaired) electrons. The normalized spacial score (nSPS) is 14.6. The predicted molar refractivity (Wildman–Crippen MR) is 105 cm³/mol. The summed E-state index contributed by atoms with van der Waals surface area (Å²) in [7, 11) is 0. The Balaban J connectivity index is 1.63. The molecule has 0 atom stereocenters. The lowest BCUT2D eigenvalue weighted by Crippen LogP contribution is -2.50. The van der Waals surface area contributed by atoms with Crippen LogP contribution < -0.4 is 10.2 Å². The quantitative estimate of drug-likeness (QED) is 0.851. The molecule has 25 heavy (non-hydrogen) atoms. The Kier molecular flexibility index (Phi) is 5.19. The van der Waals surface area contributed by atoms with Crippen LogP contribution in [0.2, 0.25) is 5.02 Å². The van der Waals surface area contributed by atoms with E-state index in [-0.39, 0.29) is 6.03 Å². The van der Waals surface area contributed by atoms with Crippen molar-refractivity contribution in [1.82, 2.24) is 4.90 Å². The van der Waals surface area contributed by atoms with Crippen molar-refractivity contribution in [2.75, 3.05) is 36.4 Å². The van der Waals surface area contributed by atoms with Crippen LogP contribution in [-0.2, 0) is 0 Å². The van der Waals surface area contributed by atoms with Crippen LogP contribution >= 0.6 is 11.6 Å². The predicted octanol–water partition coefficient (Wildman–Crippen LogP) is 4.62. The fraction of sp³-hybridized carbons (Fsp3) is 0.350. The van der Waals surface area contributed by atoms with Gasteiger partial charge in [-0.3, -0.25) is 0 Å². The summed E-state index contributed by atoms with van der Waals surface area (Å²) in [4.78, 5) is 16.6. The number of anilines is 2. The van der Waals surface area contributed by atoms with Crippen molar-refractivity contribution in [3.8, 4) is 0 Å². The molecule has 4 nitrogen and oxygen atoms in total. The van der Waals surface area contributed by atoms with Crippen molar-refractivity contribution in [3.63, 3.8) is 0 Å². The number of hydrogen-bond donors (Lipinski definition) is 1. The molecule has 0 aliphatic carbocycles. The van der Waals surface area contributed by atoms with Gasteiger partial charge in [0, 0.05) is 31.9 Å². The van der Waals surface area contributed by atoms with E-state index in [1.54, 1.807) is 0 Å². The molecule has 1 fully saturated rings. The van der Waals surface area contributed by atoms with Crippen LogP contribution in [-0.4, -0.2) is 37.1 Å². The highest BCUT2D eigenvalue weighted by Crippen LogP contribution is 2.31. The third-order valence-electron chi connectivity index (χ3n) is 4.55. The molecule has 3 rings (SSSR count). The van der Waals surface area contributed by atoms with Crippen LogP contribution in [0.25, 0.3) is 0 Å². The number of aryl methyl sites for hydroxylation is 3. The second kappa shape index (κ2) is 7.36. The first kappa shape index (κ1) is 17.6. The van der Waals surface area contributed by atoms with E-state index >= 15 is 0 Å². The number of nitrogens with one attached hydrogen (secondary N) is 1. The first-order valence-electron chi connectivity index (χ1n) is 8.58. The van der Waals surface area contributed by atoms with Gasteiger partial charge in [0.25, 0.3) is 0 Å². The molecular formula is C20H24ClN3O. The first-order valence-corrected chi connectivity index (χ1v) is 8.96. The molecule has 0 bridgehead atoms. The number of benzene rings is 2. The topological polar surface area (TPSA) is 35.6 Å². The SMILES string of the molecule is Cc1cccc(NC(=O)N2CCN(c3c(C)cc(C)cc3Cl)CC2)c1. The Morgan fingerprint density at radius 1 is 1.00 bits per heavy atom. The van der Waals surface area contributed by atoms with E-state index in [4.69, 9.17) is 11.6 Å². The van der Waals surface area contributed by atoms with Gasteiger partial charge >= 0.3 is 6.03 Å². The second-order valence-electron chi connectivity index (χ2n) is 6.69. The highest BCUT2D eigenvalue weighted by molar-refractivity contribution is 6.33. The van der Waals surface area contributed by atoms with Crippen LogP contribution in [0.4, 0.5) is 16.2 Å². The summed E-state index contributed by atoms with van der Waals surface area (Å²) in [5, 5.41) is 3.77. The number of nitrogens with zero attached hydrogens (tertiary/aromatic N) is 2. The highest BCUT2D eigenvalue weighted by Gasteiger charge is 2.23. The maximum Gasteiger partial charge on any atom is 0.321 e. The zero-order valence-electron chi connectivity index (χ0n) is 15.0. The summed E-state index contributed by atoms with van der Waals surface area (Å²) in [6.45, 7) is 9.08. The Morgan fingerprint density at radius 3 is 2.36 bits per heavy atom. The second-order valence-corrected chi connectivity index (χ2v) is 7.09. The lowest BCUT2D eigenvalue weighted by atomic mass is 10.1. The minimum Gasteiger partial charge on any atom is -0.367 e. The zero-order valence-corrected chi connectivity index (χ0v) is 15.7. The van der Waals surface area contributed by atoms with Crippen LogP contribution in [0.5, 0.6) is 0 Å². The Hall–Kier alpha value is -2.20. The van der Waals surface area contributed by atoms with Gasteiger partial charge in [0.15, 0.2) is 0 Å². The standard InChI is InChI=1S/C20H24ClN3O/c1-14-5-4-6-17(12-14)22-20(25)24-9-7-23(8-10-24)19-16(3)11-15(2)13-18(19)21/h4-6,11-13H,7-10H2,1-3H3,(H,22,25). The maximum atomic E-state index is 12.5. The molecule has 0 saturated carbocycles. The summed E-state index contributed by atoms with van der Waals surface area (Å²) < 4.78 is 0. The Labute approximate surface area is 154 Å². The van der Waals surface area contributed by atoms with E-state index in [9.17, 15) is 4.79 Å². The van der Waals surface area contributed by atoms with E-state index in [1.807, 2.05) is 42.2 Å². The molecule has 2 aromatic rings. The number of amides is 2. The largest absolute Gasteiger partial charge is 0.367 e. The average Bonchev–Trinajstić information content (AvgIpc) is 2.54. The number of hydrogen-bond acceptors (Lipinski definition) is 2. The van der Waals surface area contributed by atoms with Gasteiger partial charge in [0.05, 0.1) is 10.7 Å². The van der Waals surface area contributed by atoms with Crippen molar-refractivity contribution in [1.29, 1.82) is 0 Å². The number of urea groups is 1. The van der Waals surface area contributed by atoms with Gasteiger partial charge in [-0.15, -0.1) is 0 Å². The van der Waals surface area contributed by atoms with E-state index in [0.29, 0.717) is 13.1 Å². The van der Waals surface area contributed by atoms with Gasteiger partial charge in [-0.25, -0.2) is 4.79 Å². The number of halogens is 1. The number of carbonyl (C=O) groups excluding carboxylic acids is 1. The number of carbonyl (C=O) groups is 1. The van der Waals surface area contributed by atoms with Crippen molar-refractivity contribution in [3.05, 3.63) is 58.1 Å². The van der Waals surface area contributed by atoms with Crippen molar-refractivity contribution < 1.29 is 4.79 Å². The maximum absolute atomic E-state index is 12.5. The van der Waals surface area contributed by atoms with Crippen molar-refractivity contribution in [2.45, 2.75) is 20.8 Å². The van der Waals surface area contributed by atoms with Crippen molar-refractivity contribution in [2.24, 2.45) is 0 Å². The van der Waals surface area contributed by atoms with Gasteiger partial charge in [0.1, 0.15) is 0 Å². The third-order valence-corrected chi connectivity index (χ3v) is 4.84. The zero-order chi connectivity index (χ0) is 18.0. The lowest BCUT2D eigenvalue weighted by molar-refractivity contribution is 0.208. The van der Waals surface area contributed by atoms with Crippen LogP contribution in [0.15, 0.2) is 36.4 Å². The molecule has 2 amide bonds. The van der Waals surface area contributed by atoms with Gasteiger partial charge in [-0.05, 0) is 55.7 Å². The van der Waals surface area contributed by atoms with Gasteiger partial charge in [0.2, 0.25) is 0 Å². The number of piperazine rings is 1. The molecule has 2 aromatic carbocycles. The summed E-state index contributed by atoms with van der Waals surface area (Å²) in [6.07, 6.45) is 0. The summed E-state index contributed by atoms with van der Waals surface area (Å²) in [6, 6.07) is 12.0. The third kappa shape index (κ3) is 4.07. The molecule has 0 spiro atoms. The van der Waals surface area contributed by atoms with Gasteiger partial charge in [-0.2, -0.15) is 0 Å². The van der Waals surface area contributed by atoms with Crippen LogP contribution in [0.3, 0.4) is 0 Å². The van der Waals surface area contributed by atoms with E-state index in [2.05, 4.69) is 30.1 Å². The molecule has 0 aromatic heterocycles. The molecule has 0 unspecified atom stereocenters. The average molecular weight is 358 g/mol. The molecule has 1 N–H and O–H groups in total. The Morgan fingerprint density at radius 2 is 1.72 bits per heavy atom. The molecule has 1 saturated heterocycles. The summed E-state index contributed by atoms with van der Waals surface area (Å²) >= 11 is 6.45. The van der Waals surface area contributed by atoms with Gasteiger partial charge in [-0.1, -0.05) is 29.8 Å². The molecule has 132 valence electrons. The first-order chi connectivity index (χ1) is 11.9.